The highest BCUT2D eigenvalue weighted by Gasteiger charge is 2.52. The number of hydrogen-bond donors (Lipinski definition) is 0. The van der Waals surface area contributed by atoms with Crippen molar-refractivity contribution in [2.75, 3.05) is 0 Å². The second-order valence-corrected chi connectivity index (χ2v) is 7.24. The molecule has 0 spiro atoms. The van der Waals surface area contributed by atoms with Crippen LogP contribution >= 0.6 is 15.9 Å². The third kappa shape index (κ3) is 3.60. The number of halogens is 2. The summed E-state index contributed by atoms with van der Waals surface area (Å²) in [5.74, 6) is -1.96. The Morgan fingerprint density at radius 2 is 1.83 bits per heavy atom. The van der Waals surface area contributed by atoms with Crippen molar-refractivity contribution in [3.63, 3.8) is 0 Å². The molecule has 1 unspecified atom stereocenters. The number of carbonyl (C=O) groups is 3. The molecule has 1 aliphatic rings. The van der Waals surface area contributed by atoms with Crippen LogP contribution in [0.15, 0.2) is 28.7 Å². The first-order chi connectivity index (χ1) is 10.5. The fraction of sp³-hybridized carbons (Fsp3) is 0.438. The number of rotatable bonds is 1. The molecule has 1 atom stereocenters. The number of ether oxygens (including phenoxy) is 1. The van der Waals surface area contributed by atoms with Crippen molar-refractivity contribution in [1.29, 1.82) is 0 Å². The van der Waals surface area contributed by atoms with Gasteiger partial charge in [-0.25, -0.2) is 9.18 Å². The minimum atomic E-state index is -2.43. The number of carbonyl (C=O) groups excluding carboxylic acids is 3. The van der Waals surface area contributed by atoms with Crippen molar-refractivity contribution in [3.05, 3.63) is 34.3 Å². The Morgan fingerprint density at radius 1 is 1.26 bits per heavy atom. The number of amides is 3. The normalized spacial score (nSPS) is 22.2. The van der Waals surface area contributed by atoms with Gasteiger partial charge in [-0.1, -0.05) is 28.1 Å². The molecule has 5 nitrogen and oxygen atoms in total. The largest absolute Gasteiger partial charge is 0.443 e. The molecule has 7 heteroatoms. The Labute approximate surface area is 141 Å². The van der Waals surface area contributed by atoms with Crippen molar-refractivity contribution in [2.45, 2.75) is 44.9 Å². The van der Waals surface area contributed by atoms with Crippen molar-refractivity contribution >= 4 is 33.8 Å². The number of benzene rings is 1. The van der Waals surface area contributed by atoms with Crippen LogP contribution in [0.2, 0.25) is 0 Å². The topological polar surface area (TPSA) is 63.7 Å². The Bertz CT molecular complexity index is 653. The molecule has 1 aromatic carbocycles. The van der Waals surface area contributed by atoms with E-state index in [1.807, 2.05) is 0 Å². The number of imide groups is 3. The summed E-state index contributed by atoms with van der Waals surface area (Å²) in [7, 11) is 0. The SMILES string of the molecule is CC(C)(C)OC(=O)N1C(=O)CCC(F)(c2ccc(Br)cc2)C1=O. The fourth-order valence-electron chi connectivity index (χ4n) is 2.26. The van der Waals surface area contributed by atoms with Crippen molar-refractivity contribution in [1.82, 2.24) is 4.90 Å². The van der Waals surface area contributed by atoms with E-state index < -0.39 is 29.2 Å². The van der Waals surface area contributed by atoms with Gasteiger partial charge in [0.2, 0.25) is 11.6 Å². The van der Waals surface area contributed by atoms with Gasteiger partial charge in [-0.2, -0.15) is 4.90 Å². The van der Waals surface area contributed by atoms with Crippen LogP contribution in [0.1, 0.15) is 39.2 Å². The smallest absolute Gasteiger partial charge is 0.424 e. The number of hydrogen-bond acceptors (Lipinski definition) is 4. The molecule has 1 heterocycles. The minimum absolute atomic E-state index is 0.103. The highest BCUT2D eigenvalue weighted by atomic mass is 79.9. The predicted molar refractivity (Wildman–Crippen MR) is 84.2 cm³/mol. The summed E-state index contributed by atoms with van der Waals surface area (Å²) >= 11 is 3.23. The molecule has 0 radical (unpaired) electrons. The second-order valence-electron chi connectivity index (χ2n) is 6.32. The van der Waals surface area contributed by atoms with E-state index in [1.165, 1.54) is 12.1 Å². The van der Waals surface area contributed by atoms with Gasteiger partial charge < -0.3 is 4.74 Å². The van der Waals surface area contributed by atoms with Gasteiger partial charge in [0, 0.05) is 17.3 Å². The van der Waals surface area contributed by atoms with Crippen LogP contribution < -0.4 is 0 Å². The highest BCUT2D eigenvalue weighted by molar-refractivity contribution is 9.10. The van der Waals surface area contributed by atoms with Crippen molar-refractivity contribution < 1.29 is 23.5 Å². The Hall–Kier alpha value is -1.76. The van der Waals surface area contributed by atoms with Crippen LogP contribution in [0.25, 0.3) is 0 Å². The molecule has 0 saturated carbocycles. The lowest BCUT2D eigenvalue weighted by atomic mass is 9.86. The maximum Gasteiger partial charge on any atom is 0.424 e. The second kappa shape index (κ2) is 6.03. The van der Waals surface area contributed by atoms with Gasteiger partial charge in [-0.3, -0.25) is 9.59 Å². The van der Waals surface area contributed by atoms with Gasteiger partial charge in [0.25, 0.3) is 5.91 Å². The lowest BCUT2D eigenvalue weighted by Gasteiger charge is -2.34. The van der Waals surface area contributed by atoms with Gasteiger partial charge in [-0.05, 0) is 38.5 Å². The summed E-state index contributed by atoms with van der Waals surface area (Å²) in [4.78, 5) is 36.8. The van der Waals surface area contributed by atoms with Gasteiger partial charge in [-0.15, -0.1) is 0 Å². The number of alkyl halides is 1. The number of piperidine rings is 1. The first-order valence-electron chi connectivity index (χ1n) is 7.10. The molecule has 124 valence electrons. The van der Waals surface area contributed by atoms with Crippen molar-refractivity contribution in [3.8, 4) is 0 Å². The summed E-state index contributed by atoms with van der Waals surface area (Å²) in [5, 5.41) is 0. The van der Waals surface area contributed by atoms with E-state index in [-0.39, 0.29) is 23.3 Å². The zero-order chi connectivity index (χ0) is 17.4. The third-order valence-electron chi connectivity index (χ3n) is 3.35. The van der Waals surface area contributed by atoms with Crippen LogP contribution in [-0.4, -0.2) is 28.4 Å². The summed E-state index contributed by atoms with van der Waals surface area (Å²) in [6, 6.07) is 6.09. The monoisotopic (exact) mass is 385 g/mol. The third-order valence-corrected chi connectivity index (χ3v) is 3.88. The molecule has 3 amide bonds. The quantitative estimate of drug-likeness (QED) is 0.691. The van der Waals surface area contributed by atoms with E-state index in [0.717, 1.165) is 4.47 Å². The van der Waals surface area contributed by atoms with Crippen molar-refractivity contribution in [2.24, 2.45) is 0 Å². The fourth-order valence-corrected chi connectivity index (χ4v) is 2.53. The molecule has 0 aromatic heterocycles. The summed E-state index contributed by atoms with van der Waals surface area (Å²) in [5.41, 5.74) is -3.22. The first-order valence-corrected chi connectivity index (χ1v) is 7.89. The van der Waals surface area contributed by atoms with E-state index in [4.69, 9.17) is 4.74 Å². The van der Waals surface area contributed by atoms with Crippen LogP contribution in [0, 0.1) is 0 Å². The molecule has 1 aromatic rings. The van der Waals surface area contributed by atoms with Crippen LogP contribution in [0.4, 0.5) is 9.18 Å². The van der Waals surface area contributed by atoms with Gasteiger partial charge in [0.15, 0.2) is 0 Å². The van der Waals surface area contributed by atoms with E-state index in [9.17, 15) is 14.4 Å². The van der Waals surface area contributed by atoms with E-state index in [1.54, 1.807) is 32.9 Å². The Balaban J connectivity index is 2.35. The number of nitrogens with zero attached hydrogens (tertiary/aromatic N) is 1. The molecule has 0 N–H and O–H groups in total. The number of likely N-dealkylation sites (tertiary alicyclic amines) is 1. The molecular formula is C16H17BrFNO4. The van der Waals surface area contributed by atoms with E-state index >= 15 is 4.39 Å². The van der Waals surface area contributed by atoms with Gasteiger partial charge >= 0.3 is 6.09 Å². The lowest BCUT2D eigenvalue weighted by molar-refractivity contribution is -0.158. The maximum atomic E-state index is 15.3. The predicted octanol–water partition coefficient (Wildman–Crippen LogP) is 3.70. The zero-order valence-corrected chi connectivity index (χ0v) is 14.6. The first kappa shape index (κ1) is 17.6. The summed E-state index contributed by atoms with van der Waals surface area (Å²) < 4.78 is 21.0. The van der Waals surface area contributed by atoms with E-state index in [2.05, 4.69) is 15.9 Å². The zero-order valence-electron chi connectivity index (χ0n) is 13.1. The molecule has 1 saturated heterocycles. The molecular weight excluding hydrogens is 369 g/mol. The molecule has 2 rings (SSSR count). The molecule has 0 aliphatic carbocycles. The van der Waals surface area contributed by atoms with Crippen LogP contribution in [0.5, 0.6) is 0 Å². The lowest BCUT2D eigenvalue weighted by Crippen LogP contribution is -2.55. The Morgan fingerprint density at radius 3 is 2.35 bits per heavy atom. The molecule has 23 heavy (non-hydrogen) atoms. The summed E-state index contributed by atoms with van der Waals surface area (Å²) in [6.45, 7) is 4.80. The average Bonchev–Trinajstić information content (AvgIpc) is 2.42. The van der Waals surface area contributed by atoms with E-state index in [0.29, 0.717) is 0 Å². The highest BCUT2D eigenvalue weighted by Crippen LogP contribution is 2.38. The average molecular weight is 386 g/mol. The van der Waals surface area contributed by atoms with Crippen LogP contribution in [0.3, 0.4) is 0 Å². The molecule has 1 fully saturated rings. The Kier molecular flexibility index (Phi) is 4.61. The van der Waals surface area contributed by atoms with Gasteiger partial charge in [0.05, 0.1) is 0 Å². The summed E-state index contributed by atoms with van der Waals surface area (Å²) in [6.07, 6.45) is -1.70. The molecule has 1 aliphatic heterocycles. The standard InChI is InChI=1S/C16H17BrFNO4/c1-15(2,3)23-14(22)19-12(20)8-9-16(18,13(19)21)10-4-6-11(17)7-5-10/h4-7H,8-9H2,1-3H3. The van der Waals surface area contributed by atoms with Crippen LogP contribution in [-0.2, 0) is 20.0 Å². The maximum absolute atomic E-state index is 15.3. The molecule has 0 bridgehead atoms. The van der Waals surface area contributed by atoms with Gasteiger partial charge in [0.1, 0.15) is 5.60 Å². The minimum Gasteiger partial charge on any atom is -0.443 e.